The van der Waals surface area contributed by atoms with E-state index in [1.165, 1.54) is 0 Å². The maximum atomic E-state index is 6.29. The minimum absolute atomic E-state index is 0.0254. The summed E-state index contributed by atoms with van der Waals surface area (Å²) in [7, 11) is 0. The summed E-state index contributed by atoms with van der Waals surface area (Å²) in [6.45, 7) is 2.92. The van der Waals surface area contributed by atoms with Gasteiger partial charge in [0, 0.05) is 15.6 Å². The summed E-state index contributed by atoms with van der Waals surface area (Å²) in [6.07, 6.45) is 0. The van der Waals surface area contributed by atoms with E-state index in [1.54, 1.807) is 0 Å². The van der Waals surface area contributed by atoms with Crippen molar-refractivity contribution in [3.8, 4) is 0 Å². The van der Waals surface area contributed by atoms with Crippen molar-refractivity contribution in [2.75, 3.05) is 6.54 Å². The van der Waals surface area contributed by atoms with Gasteiger partial charge in [0.15, 0.2) is 0 Å². The Hall–Kier alpha value is -1.02. The lowest BCUT2D eigenvalue weighted by atomic mass is 9.98. The molecule has 0 spiro atoms. The Labute approximate surface area is 118 Å². The zero-order chi connectivity index (χ0) is 13.0. The summed E-state index contributed by atoms with van der Waals surface area (Å²) in [5.41, 5.74) is 2.10. The number of hydrogen-bond donors (Lipinski definition) is 1. The normalized spacial score (nSPS) is 12.4. The number of halogens is 2. The average Bonchev–Trinajstić information content (AvgIpc) is 2.38. The second kappa shape index (κ2) is 6.24. The third-order valence-electron chi connectivity index (χ3n) is 2.83. The van der Waals surface area contributed by atoms with Gasteiger partial charge in [-0.05, 0) is 24.2 Å². The SMILES string of the molecule is CCNC(c1ccccc1)c1c(Cl)cccc1Cl. The molecule has 0 aromatic heterocycles. The lowest BCUT2D eigenvalue weighted by molar-refractivity contribution is 0.631. The van der Waals surface area contributed by atoms with Gasteiger partial charge in [-0.25, -0.2) is 0 Å². The minimum atomic E-state index is 0.0254. The first-order valence-corrected chi connectivity index (χ1v) is 6.72. The van der Waals surface area contributed by atoms with Crippen molar-refractivity contribution in [1.82, 2.24) is 5.32 Å². The van der Waals surface area contributed by atoms with Crippen LogP contribution in [0.15, 0.2) is 48.5 Å². The van der Waals surface area contributed by atoms with Crippen molar-refractivity contribution >= 4 is 23.2 Å². The van der Waals surface area contributed by atoms with Crippen LogP contribution in [0.2, 0.25) is 10.0 Å². The quantitative estimate of drug-likeness (QED) is 0.856. The highest BCUT2D eigenvalue weighted by atomic mass is 35.5. The highest BCUT2D eigenvalue weighted by molar-refractivity contribution is 6.36. The van der Waals surface area contributed by atoms with Gasteiger partial charge in [0.05, 0.1) is 6.04 Å². The van der Waals surface area contributed by atoms with Crippen LogP contribution in [0.4, 0.5) is 0 Å². The fourth-order valence-electron chi connectivity index (χ4n) is 2.02. The molecule has 0 fully saturated rings. The molecule has 0 bridgehead atoms. The van der Waals surface area contributed by atoms with Crippen LogP contribution in [0.25, 0.3) is 0 Å². The molecule has 0 radical (unpaired) electrons. The fraction of sp³-hybridized carbons (Fsp3) is 0.200. The van der Waals surface area contributed by atoms with Gasteiger partial charge in [0.2, 0.25) is 0 Å². The molecule has 0 aliphatic heterocycles. The number of hydrogen-bond acceptors (Lipinski definition) is 1. The van der Waals surface area contributed by atoms with E-state index < -0.39 is 0 Å². The van der Waals surface area contributed by atoms with Gasteiger partial charge in [0.25, 0.3) is 0 Å². The molecule has 0 saturated heterocycles. The molecule has 1 atom stereocenters. The molecule has 0 amide bonds. The van der Waals surface area contributed by atoms with Crippen molar-refractivity contribution in [2.24, 2.45) is 0 Å². The summed E-state index contributed by atoms with van der Waals surface area (Å²) < 4.78 is 0. The summed E-state index contributed by atoms with van der Waals surface area (Å²) >= 11 is 12.6. The highest BCUT2D eigenvalue weighted by Crippen LogP contribution is 2.33. The standard InChI is InChI=1S/C15H15Cl2N/c1-2-18-15(11-7-4-3-5-8-11)14-12(16)9-6-10-13(14)17/h3-10,15,18H,2H2,1H3. The first-order chi connectivity index (χ1) is 8.74. The summed E-state index contributed by atoms with van der Waals surface area (Å²) in [5.74, 6) is 0. The van der Waals surface area contributed by atoms with Crippen LogP contribution >= 0.6 is 23.2 Å². The molecule has 3 heteroatoms. The van der Waals surface area contributed by atoms with Gasteiger partial charge >= 0.3 is 0 Å². The molecular weight excluding hydrogens is 265 g/mol. The van der Waals surface area contributed by atoms with Crippen molar-refractivity contribution in [2.45, 2.75) is 13.0 Å². The van der Waals surface area contributed by atoms with E-state index in [0.29, 0.717) is 10.0 Å². The van der Waals surface area contributed by atoms with E-state index in [4.69, 9.17) is 23.2 Å². The predicted molar refractivity (Wildman–Crippen MR) is 78.4 cm³/mol. The van der Waals surface area contributed by atoms with E-state index in [9.17, 15) is 0 Å². The third-order valence-corrected chi connectivity index (χ3v) is 3.49. The van der Waals surface area contributed by atoms with Crippen molar-refractivity contribution in [3.05, 3.63) is 69.7 Å². The fourth-order valence-corrected chi connectivity index (χ4v) is 2.64. The second-order valence-electron chi connectivity index (χ2n) is 4.04. The number of rotatable bonds is 4. The van der Waals surface area contributed by atoms with Crippen LogP contribution in [0, 0.1) is 0 Å². The zero-order valence-corrected chi connectivity index (χ0v) is 11.7. The first-order valence-electron chi connectivity index (χ1n) is 5.96. The molecule has 0 aliphatic rings. The zero-order valence-electron chi connectivity index (χ0n) is 10.2. The molecular formula is C15H15Cl2N. The predicted octanol–water partition coefficient (Wildman–Crippen LogP) is 4.69. The van der Waals surface area contributed by atoms with Crippen LogP contribution in [-0.2, 0) is 0 Å². The van der Waals surface area contributed by atoms with E-state index >= 15 is 0 Å². The van der Waals surface area contributed by atoms with Crippen LogP contribution in [0.5, 0.6) is 0 Å². The summed E-state index contributed by atoms with van der Waals surface area (Å²) in [4.78, 5) is 0. The first kappa shape index (κ1) is 13.4. The molecule has 1 unspecified atom stereocenters. The van der Waals surface area contributed by atoms with Crippen molar-refractivity contribution in [3.63, 3.8) is 0 Å². The van der Waals surface area contributed by atoms with Gasteiger partial charge < -0.3 is 5.32 Å². The molecule has 1 nitrogen and oxygen atoms in total. The molecule has 2 rings (SSSR count). The van der Waals surface area contributed by atoms with Gasteiger partial charge in [-0.1, -0.05) is 66.5 Å². The molecule has 94 valence electrons. The van der Waals surface area contributed by atoms with Crippen LogP contribution < -0.4 is 5.32 Å². The number of benzene rings is 2. The van der Waals surface area contributed by atoms with Crippen LogP contribution in [0.3, 0.4) is 0 Å². The van der Waals surface area contributed by atoms with Crippen LogP contribution in [-0.4, -0.2) is 6.54 Å². The Bertz CT molecular complexity index is 491. The van der Waals surface area contributed by atoms with Gasteiger partial charge in [-0.3, -0.25) is 0 Å². The molecule has 2 aromatic rings. The van der Waals surface area contributed by atoms with Crippen LogP contribution in [0.1, 0.15) is 24.1 Å². The Morgan fingerprint density at radius 1 is 0.944 bits per heavy atom. The van der Waals surface area contributed by atoms with Crippen molar-refractivity contribution < 1.29 is 0 Å². The summed E-state index contributed by atoms with van der Waals surface area (Å²) in [5, 5.41) is 4.81. The highest BCUT2D eigenvalue weighted by Gasteiger charge is 2.18. The molecule has 18 heavy (non-hydrogen) atoms. The smallest absolute Gasteiger partial charge is 0.0606 e. The number of nitrogens with one attached hydrogen (secondary N) is 1. The Morgan fingerprint density at radius 2 is 1.56 bits per heavy atom. The van der Waals surface area contributed by atoms with E-state index in [2.05, 4.69) is 24.4 Å². The lowest BCUT2D eigenvalue weighted by Crippen LogP contribution is -2.22. The Morgan fingerprint density at radius 3 is 2.11 bits per heavy atom. The third kappa shape index (κ3) is 2.86. The van der Waals surface area contributed by atoms with Gasteiger partial charge in [-0.15, -0.1) is 0 Å². The summed E-state index contributed by atoms with van der Waals surface area (Å²) in [6, 6.07) is 15.8. The molecule has 0 saturated carbocycles. The topological polar surface area (TPSA) is 12.0 Å². The largest absolute Gasteiger partial charge is 0.306 e. The Balaban J connectivity index is 2.48. The van der Waals surface area contributed by atoms with Crippen molar-refractivity contribution in [1.29, 1.82) is 0 Å². The molecule has 0 aliphatic carbocycles. The molecule has 1 N–H and O–H groups in total. The lowest BCUT2D eigenvalue weighted by Gasteiger charge is -2.21. The molecule has 0 heterocycles. The maximum Gasteiger partial charge on any atom is 0.0606 e. The van der Waals surface area contributed by atoms with Gasteiger partial charge in [-0.2, -0.15) is 0 Å². The van der Waals surface area contributed by atoms with E-state index in [-0.39, 0.29) is 6.04 Å². The molecule has 2 aromatic carbocycles. The minimum Gasteiger partial charge on any atom is -0.306 e. The van der Waals surface area contributed by atoms with Gasteiger partial charge in [0.1, 0.15) is 0 Å². The Kier molecular flexibility index (Phi) is 4.65. The second-order valence-corrected chi connectivity index (χ2v) is 4.85. The maximum absolute atomic E-state index is 6.29. The average molecular weight is 280 g/mol. The monoisotopic (exact) mass is 279 g/mol. The van der Waals surface area contributed by atoms with E-state index in [0.717, 1.165) is 17.7 Å². The van der Waals surface area contributed by atoms with E-state index in [1.807, 2.05) is 36.4 Å².